The Balaban J connectivity index is 1.13. The zero-order valence-corrected chi connectivity index (χ0v) is 17.9. The van der Waals surface area contributed by atoms with Gasteiger partial charge in [0.1, 0.15) is 0 Å². The molecule has 2 fully saturated rings. The fourth-order valence-electron chi connectivity index (χ4n) is 4.86. The topological polar surface area (TPSA) is 25.3 Å². The zero-order chi connectivity index (χ0) is 19.3. The van der Waals surface area contributed by atoms with Crippen LogP contribution in [0.25, 0.3) is 0 Å². The van der Waals surface area contributed by atoms with Crippen molar-refractivity contribution in [2.75, 3.05) is 79.5 Å². The predicted octanol–water partition coefficient (Wildman–Crippen LogP) is 2.25. The SMILES string of the molecule is CN(C)CCCN1CCN(CCCN2CCC3=C4CC=CC=C4N=C3C2)CC1. The van der Waals surface area contributed by atoms with Gasteiger partial charge in [0.25, 0.3) is 0 Å². The lowest BCUT2D eigenvalue weighted by molar-refractivity contribution is 0.124. The summed E-state index contributed by atoms with van der Waals surface area (Å²) in [5.41, 5.74) is 5.64. The molecule has 0 N–H and O–H groups in total. The molecule has 0 spiro atoms. The van der Waals surface area contributed by atoms with Gasteiger partial charge in [0.2, 0.25) is 0 Å². The normalized spacial score (nSPS) is 23.8. The van der Waals surface area contributed by atoms with Gasteiger partial charge in [-0.1, -0.05) is 12.2 Å². The van der Waals surface area contributed by atoms with E-state index < -0.39 is 0 Å². The Morgan fingerprint density at radius 3 is 2.36 bits per heavy atom. The molecule has 4 rings (SSSR count). The Morgan fingerprint density at radius 1 is 0.893 bits per heavy atom. The maximum absolute atomic E-state index is 4.92. The summed E-state index contributed by atoms with van der Waals surface area (Å²) in [5.74, 6) is 0. The molecule has 0 amide bonds. The second-order valence-electron chi connectivity index (χ2n) is 8.92. The van der Waals surface area contributed by atoms with Crippen LogP contribution in [0.2, 0.25) is 0 Å². The highest BCUT2D eigenvalue weighted by molar-refractivity contribution is 6.07. The van der Waals surface area contributed by atoms with E-state index in [0.29, 0.717) is 0 Å². The second-order valence-corrected chi connectivity index (χ2v) is 8.92. The van der Waals surface area contributed by atoms with E-state index in [4.69, 9.17) is 4.99 Å². The van der Waals surface area contributed by atoms with Gasteiger partial charge in [-0.05, 0) is 83.2 Å². The maximum Gasteiger partial charge on any atom is 0.0672 e. The van der Waals surface area contributed by atoms with E-state index in [1.807, 2.05) is 0 Å². The number of piperidine rings is 1. The molecule has 0 aromatic heterocycles. The molecular formula is C23H37N5. The fourth-order valence-corrected chi connectivity index (χ4v) is 4.86. The third kappa shape index (κ3) is 5.01. The van der Waals surface area contributed by atoms with Crippen molar-refractivity contribution in [2.45, 2.75) is 25.7 Å². The van der Waals surface area contributed by atoms with Gasteiger partial charge in [-0.3, -0.25) is 9.89 Å². The molecule has 0 saturated carbocycles. The van der Waals surface area contributed by atoms with E-state index in [9.17, 15) is 0 Å². The predicted molar refractivity (Wildman–Crippen MR) is 118 cm³/mol. The Bertz CT molecular complexity index is 664. The van der Waals surface area contributed by atoms with E-state index in [0.717, 1.165) is 13.0 Å². The molecule has 2 saturated heterocycles. The molecule has 0 radical (unpaired) electrons. The van der Waals surface area contributed by atoms with Gasteiger partial charge >= 0.3 is 0 Å². The highest BCUT2D eigenvalue weighted by atomic mass is 15.3. The lowest BCUT2D eigenvalue weighted by Gasteiger charge is -2.35. The van der Waals surface area contributed by atoms with E-state index in [1.165, 1.54) is 95.1 Å². The first-order valence-corrected chi connectivity index (χ1v) is 11.2. The average molecular weight is 384 g/mol. The Hall–Kier alpha value is -1.27. The minimum absolute atomic E-state index is 1.05. The molecule has 3 heterocycles. The van der Waals surface area contributed by atoms with Crippen molar-refractivity contribution in [3.8, 4) is 0 Å². The number of fused-ring (bicyclic) bond motifs is 2. The first kappa shape index (κ1) is 20.0. The summed E-state index contributed by atoms with van der Waals surface area (Å²) in [4.78, 5) is 15.1. The molecule has 0 bridgehead atoms. The number of rotatable bonds is 8. The van der Waals surface area contributed by atoms with Crippen LogP contribution >= 0.6 is 0 Å². The second kappa shape index (κ2) is 9.49. The number of hydrogen-bond acceptors (Lipinski definition) is 5. The lowest BCUT2D eigenvalue weighted by Crippen LogP contribution is -2.47. The molecule has 0 unspecified atom stereocenters. The zero-order valence-electron chi connectivity index (χ0n) is 17.9. The minimum Gasteiger partial charge on any atom is -0.309 e. The van der Waals surface area contributed by atoms with Gasteiger partial charge in [0, 0.05) is 39.3 Å². The van der Waals surface area contributed by atoms with E-state index >= 15 is 0 Å². The van der Waals surface area contributed by atoms with Crippen molar-refractivity contribution in [3.63, 3.8) is 0 Å². The highest BCUT2D eigenvalue weighted by Crippen LogP contribution is 2.34. The van der Waals surface area contributed by atoms with Crippen molar-refractivity contribution in [1.82, 2.24) is 19.6 Å². The van der Waals surface area contributed by atoms with Crippen LogP contribution in [0.4, 0.5) is 0 Å². The summed E-state index contributed by atoms with van der Waals surface area (Å²) < 4.78 is 0. The Morgan fingerprint density at radius 2 is 1.61 bits per heavy atom. The van der Waals surface area contributed by atoms with Crippen LogP contribution in [0.5, 0.6) is 0 Å². The van der Waals surface area contributed by atoms with Crippen LogP contribution < -0.4 is 0 Å². The quantitative estimate of drug-likeness (QED) is 0.642. The number of hydrogen-bond donors (Lipinski definition) is 0. The third-order valence-electron chi connectivity index (χ3n) is 6.53. The molecule has 0 atom stereocenters. The van der Waals surface area contributed by atoms with E-state index in [-0.39, 0.29) is 0 Å². The number of allylic oxidation sites excluding steroid dienone is 4. The fraction of sp³-hybridized carbons (Fsp3) is 0.696. The Labute approximate surface area is 171 Å². The molecule has 154 valence electrons. The first-order chi connectivity index (χ1) is 13.7. The van der Waals surface area contributed by atoms with E-state index in [2.05, 4.69) is 51.9 Å². The summed E-state index contributed by atoms with van der Waals surface area (Å²) in [6.07, 6.45) is 11.4. The summed E-state index contributed by atoms with van der Waals surface area (Å²) in [5, 5.41) is 0. The molecule has 3 aliphatic heterocycles. The third-order valence-corrected chi connectivity index (χ3v) is 6.53. The van der Waals surface area contributed by atoms with Crippen molar-refractivity contribution >= 4 is 5.71 Å². The minimum atomic E-state index is 1.05. The Kier molecular flexibility index (Phi) is 6.78. The largest absolute Gasteiger partial charge is 0.309 e. The van der Waals surface area contributed by atoms with Crippen LogP contribution in [0.3, 0.4) is 0 Å². The van der Waals surface area contributed by atoms with Crippen LogP contribution in [-0.2, 0) is 0 Å². The number of aliphatic imine (C=N–C) groups is 1. The van der Waals surface area contributed by atoms with Crippen LogP contribution in [0.1, 0.15) is 25.7 Å². The molecule has 1 aliphatic carbocycles. The summed E-state index contributed by atoms with van der Waals surface area (Å²) >= 11 is 0. The van der Waals surface area contributed by atoms with Gasteiger partial charge in [0.15, 0.2) is 0 Å². The average Bonchev–Trinajstić information content (AvgIpc) is 3.07. The number of nitrogens with zero attached hydrogens (tertiary/aromatic N) is 5. The van der Waals surface area contributed by atoms with Gasteiger partial charge in [-0.2, -0.15) is 0 Å². The van der Waals surface area contributed by atoms with Crippen LogP contribution in [0, 0.1) is 0 Å². The monoisotopic (exact) mass is 383 g/mol. The van der Waals surface area contributed by atoms with Crippen molar-refractivity contribution in [3.05, 3.63) is 35.1 Å². The number of piperazine rings is 1. The standard InChI is InChI=1S/C23H37N5/c1-25(2)10-5-11-26-15-17-27(18-16-26)12-6-13-28-14-9-21-20-7-3-4-8-22(20)24-23(21)19-28/h3-4,8H,5-7,9-19H2,1-2H3. The van der Waals surface area contributed by atoms with Crippen molar-refractivity contribution in [1.29, 1.82) is 0 Å². The smallest absolute Gasteiger partial charge is 0.0672 e. The van der Waals surface area contributed by atoms with Crippen LogP contribution in [-0.4, -0.2) is 105 Å². The molecule has 5 nitrogen and oxygen atoms in total. The van der Waals surface area contributed by atoms with Gasteiger partial charge in [0.05, 0.1) is 11.4 Å². The van der Waals surface area contributed by atoms with E-state index in [1.54, 1.807) is 5.57 Å². The molecule has 5 heteroatoms. The first-order valence-electron chi connectivity index (χ1n) is 11.2. The molecule has 0 aromatic carbocycles. The van der Waals surface area contributed by atoms with Crippen molar-refractivity contribution in [2.24, 2.45) is 4.99 Å². The van der Waals surface area contributed by atoms with Gasteiger partial charge in [-0.15, -0.1) is 0 Å². The molecule has 0 aromatic rings. The molecular weight excluding hydrogens is 346 g/mol. The van der Waals surface area contributed by atoms with Crippen molar-refractivity contribution < 1.29 is 0 Å². The van der Waals surface area contributed by atoms with Crippen LogP contribution in [0.15, 0.2) is 40.1 Å². The molecule has 4 aliphatic rings. The van der Waals surface area contributed by atoms with Gasteiger partial charge in [-0.25, -0.2) is 0 Å². The summed E-state index contributed by atoms with van der Waals surface area (Å²) in [7, 11) is 4.33. The molecule has 28 heavy (non-hydrogen) atoms. The summed E-state index contributed by atoms with van der Waals surface area (Å²) in [6, 6.07) is 0. The highest BCUT2D eigenvalue weighted by Gasteiger charge is 2.28. The summed E-state index contributed by atoms with van der Waals surface area (Å²) in [6.45, 7) is 12.1. The van der Waals surface area contributed by atoms with Gasteiger partial charge < -0.3 is 14.7 Å². The number of likely N-dealkylation sites (tertiary alicyclic amines) is 1. The maximum atomic E-state index is 4.92. The lowest BCUT2D eigenvalue weighted by atomic mass is 9.94.